The molecule has 0 amide bonds. The largest absolute Gasteiger partial charge is 0.394 e. The summed E-state index contributed by atoms with van der Waals surface area (Å²) in [6.45, 7) is 2.22. The molecule has 0 spiro atoms. The second kappa shape index (κ2) is 4.62. The fraction of sp³-hybridized carbons (Fsp3) is 1.00. The highest BCUT2D eigenvalue weighted by Gasteiger charge is 2.18. The number of rotatable bonds is 5. The van der Waals surface area contributed by atoms with Crippen molar-refractivity contribution in [2.75, 3.05) is 27.3 Å². The second-order valence-corrected chi connectivity index (χ2v) is 2.11. The van der Waals surface area contributed by atoms with Crippen molar-refractivity contribution in [2.24, 2.45) is 0 Å². The van der Waals surface area contributed by atoms with E-state index in [0.29, 0.717) is 6.61 Å². The summed E-state index contributed by atoms with van der Waals surface area (Å²) in [5.74, 6) is -0.525. The van der Waals surface area contributed by atoms with E-state index in [-0.39, 0.29) is 6.61 Å². The Kier molecular flexibility index (Phi) is 4.55. The van der Waals surface area contributed by atoms with Gasteiger partial charge in [-0.15, -0.1) is 0 Å². The molecule has 10 heavy (non-hydrogen) atoms. The number of hydrogen-bond acceptors (Lipinski definition) is 4. The van der Waals surface area contributed by atoms with Crippen molar-refractivity contribution in [3.05, 3.63) is 0 Å². The molecule has 0 aromatic heterocycles. The van der Waals surface area contributed by atoms with E-state index in [1.165, 1.54) is 0 Å². The van der Waals surface area contributed by atoms with Gasteiger partial charge in [-0.1, -0.05) is 0 Å². The van der Waals surface area contributed by atoms with Crippen LogP contribution in [0.5, 0.6) is 0 Å². The van der Waals surface area contributed by atoms with Gasteiger partial charge in [0.15, 0.2) is 5.85 Å². The number of nitrogens with one attached hydrogen (secondary N) is 2. The first kappa shape index (κ1) is 9.84. The maximum Gasteiger partial charge on any atom is 0.171 e. The van der Waals surface area contributed by atoms with Gasteiger partial charge < -0.3 is 9.84 Å². The van der Waals surface area contributed by atoms with Crippen molar-refractivity contribution < 1.29 is 9.84 Å². The Bertz CT molecular complexity index is 83.8. The van der Waals surface area contributed by atoms with Crippen molar-refractivity contribution in [3.63, 3.8) is 0 Å². The van der Waals surface area contributed by atoms with E-state index in [1.54, 1.807) is 14.1 Å². The lowest BCUT2D eigenvalue weighted by molar-refractivity contribution is -0.0824. The Balaban J connectivity index is 3.58. The molecule has 0 radical (unpaired) electrons. The van der Waals surface area contributed by atoms with Crippen LogP contribution in [0, 0.1) is 0 Å². The van der Waals surface area contributed by atoms with Crippen LogP contribution in [0.2, 0.25) is 0 Å². The summed E-state index contributed by atoms with van der Waals surface area (Å²) < 4.78 is 5.20. The van der Waals surface area contributed by atoms with Crippen LogP contribution < -0.4 is 10.6 Å². The third-order valence-corrected chi connectivity index (χ3v) is 1.44. The topological polar surface area (TPSA) is 53.5 Å². The molecule has 0 unspecified atom stereocenters. The van der Waals surface area contributed by atoms with E-state index < -0.39 is 5.85 Å². The number of aliphatic hydroxyl groups excluding tert-OH is 1. The molecule has 0 aliphatic rings. The zero-order valence-corrected chi connectivity index (χ0v) is 6.77. The SMILES string of the molecule is CNC(C)(NC)OCCO. The third-order valence-electron chi connectivity index (χ3n) is 1.44. The molecule has 0 bridgehead atoms. The molecule has 4 heteroatoms. The normalized spacial score (nSPS) is 12.0. The van der Waals surface area contributed by atoms with Gasteiger partial charge in [0.2, 0.25) is 0 Å². The molecule has 4 nitrogen and oxygen atoms in total. The van der Waals surface area contributed by atoms with Crippen LogP contribution in [0.1, 0.15) is 6.92 Å². The van der Waals surface area contributed by atoms with Gasteiger partial charge >= 0.3 is 0 Å². The van der Waals surface area contributed by atoms with E-state index in [9.17, 15) is 0 Å². The van der Waals surface area contributed by atoms with Crippen molar-refractivity contribution >= 4 is 0 Å². The molecular formula is C6H16N2O2. The van der Waals surface area contributed by atoms with Crippen LogP contribution in [0.25, 0.3) is 0 Å². The lowest BCUT2D eigenvalue weighted by Crippen LogP contribution is -2.53. The van der Waals surface area contributed by atoms with Crippen molar-refractivity contribution in [1.82, 2.24) is 10.6 Å². The van der Waals surface area contributed by atoms with Gasteiger partial charge in [-0.05, 0) is 21.0 Å². The van der Waals surface area contributed by atoms with E-state index in [1.807, 2.05) is 6.92 Å². The summed E-state index contributed by atoms with van der Waals surface area (Å²) in [6.07, 6.45) is 0. The summed E-state index contributed by atoms with van der Waals surface area (Å²) in [5, 5.41) is 14.3. The molecule has 0 saturated carbocycles. The molecule has 0 heterocycles. The first-order valence-corrected chi connectivity index (χ1v) is 3.31. The minimum atomic E-state index is -0.525. The standard InChI is InChI=1S/C6H16N2O2/c1-6(7-2,8-3)10-5-4-9/h7-9H,4-5H2,1-3H3. The summed E-state index contributed by atoms with van der Waals surface area (Å²) >= 11 is 0. The van der Waals surface area contributed by atoms with Gasteiger partial charge in [0.25, 0.3) is 0 Å². The monoisotopic (exact) mass is 148 g/mol. The Hall–Kier alpha value is -0.160. The van der Waals surface area contributed by atoms with Gasteiger partial charge in [-0.2, -0.15) is 0 Å². The Labute approximate surface area is 61.6 Å². The van der Waals surface area contributed by atoms with Crippen molar-refractivity contribution in [2.45, 2.75) is 12.8 Å². The Morgan fingerprint density at radius 3 is 2.20 bits per heavy atom. The summed E-state index contributed by atoms with van der Waals surface area (Å²) in [4.78, 5) is 0. The van der Waals surface area contributed by atoms with E-state index in [4.69, 9.17) is 9.84 Å². The minimum absolute atomic E-state index is 0.0406. The number of hydrogen-bond donors (Lipinski definition) is 3. The quantitative estimate of drug-likeness (QED) is 0.443. The highest BCUT2D eigenvalue weighted by atomic mass is 16.5. The van der Waals surface area contributed by atoms with Crippen LogP contribution >= 0.6 is 0 Å². The van der Waals surface area contributed by atoms with Gasteiger partial charge in [0.1, 0.15) is 0 Å². The van der Waals surface area contributed by atoms with Crippen LogP contribution in [-0.4, -0.2) is 38.3 Å². The molecular weight excluding hydrogens is 132 g/mol. The zero-order chi connectivity index (χ0) is 8.04. The average Bonchev–Trinajstić information content (AvgIpc) is 2.00. The van der Waals surface area contributed by atoms with Gasteiger partial charge in [-0.25, -0.2) is 0 Å². The van der Waals surface area contributed by atoms with E-state index >= 15 is 0 Å². The van der Waals surface area contributed by atoms with E-state index in [2.05, 4.69) is 10.6 Å². The van der Waals surface area contributed by atoms with Gasteiger partial charge in [0, 0.05) is 0 Å². The average molecular weight is 148 g/mol. The fourth-order valence-corrected chi connectivity index (χ4v) is 0.519. The molecule has 3 N–H and O–H groups in total. The molecule has 0 fully saturated rings. The van der Waals surface area contributed by atoms with Crippen LogP contribution in [0.15, 0.2) is 0 Å². The van der Waals surface area contributed by atoms with Gasteiger partial charge in [-0.3, -0.25) is 10.6 Å². The fourth-order valence-electron chi connectivity index (χ4n) is 0.519. The lowest BCUT2D eigenvalue weighted by atomic mass is 10.5. The predicted octanol–water partition coefficient (Wildman–Crippen LogP) is -0.892. The molecule has 0 aromatic carbocycles. The Morgan fingerprint density at radius 2 is 1.90 bits per heavy atom. The zero-order valence-electron chi connectivity index (χ0n) is 6.77. The first-order chi connectivity index (χ1) is 4.68. The molecule has 62 valence electrons. The predicted molar refractivity (Wildman–Crippen MR) is 39.6 cm³/mol. The molecule has 0 aromatic rings. The van der Waals surface area contributed by atoms with Gasteiger partial charge in [0.05, 0.1) is 13.2 Å². The van der Waals surface area contributed by atoms with Crippen LogP contribution in [0.4, 0.5) is 0 Å². The summed E-state index contributed by atoms with van der Waals surface area (Å²) in [7, 11) is 3.57. The number of ether oxygens (including phenoxy) is 1. The number of aliphatic hydroxyl groups is 1. The molecule has 0 saturated heterocycles. The van der Waals surface area contributed by atoms with Crippen LogP contribution in [-0.2, 0) is 4.74 Å². The second-order valence-electron chi connectivity index (χ2n) is 2.11. The molecule has 0 aliphatic carbocycles. The highest BCUT2D eigenvalue weighted by Crippen LogP contribution is 1.97. The molecule has 0 atom stereocenters. The smallest absolute Gasteiger partial charge is 0.171 e. The highest BCUT2D eigenvalue weighted by molar-refractivity contribution is 4.62. The minimum Gasteiger partial charge on any atom is -0.394 e. The maximum atomic E-state index is 8.44. The lowest BCUT2D eigenvalue weighted by Gasteiger charge is -2.28. The summed E-state index contributed by atoms with van der Waals surface area (Å²) in [5.41, 5.74) is 0. The third kappa shape index (κ3) is 3.12. The first-order valence-electron chi connectivity index (χ1n) is 3.31. The maximum absolute atomic E-state index is 8.44. The summed E-state index contributed by atoms with van der Waals surface area (Å²) in [6, 6.07) is 0. The Morgan fingerprint density at radius 1 is 1.40 bits per heavy atom. The van der Waals surface area contributed by atoms with Crippen molar-refractivity contribution in [1.29, 1.82) is 0 Å². The van der Waals surface area contributed by atoms with Crippen LogP contribution in [0.3, 0.4) is 0 Å². The van der Waals surface area contributed by atoms with Crippen molar-refractivity contribution in [3.8, 4) is 0 Å². The molecule has 0 rings (SSSR count). The molecule has 0 aliphatic heterocycles. The van der Waals surface area contributed by atoms with E-state index in [0.717, 1.165) is 0 Å².